The summed E-state index contributed by atoms with van der Waals surface area (Å²) in [5.41, 5.74) is 0. The van der Waals surface area contributed by atoms with E-state index in [9.17, 15) is 18.0 Å². The Morgan fingerprint density at radius 3 is 2.54 bits per heavy atom. The molecular weight excluding hydrogens is 358 g/mol. The van der Waals surface area contributed by atoms with Gasteiger partial charge in [0.05, 0.1) is 17.9 Å². The quantitative estimate of drug-likeness (QED) is 0.736. The molecule has 0 radical (unpaired) electrons. The van der Waals surface area contributed by atoms with Crippen LogP contribution in [0.3, 0.4) is 0 Å². The normalized spacial score (nSPS) is 17.7. The van der Waals surface area contributed by atoms with E-state index in [1.807, 2.05) is 0 Å². The van der Waals surface area contributed by atoms with Crippen LogP contribution in [0.1, 0.15) is 32.1 Å². The highest BCUT2D eigenvalue weighted by atomic mass is 32.2. The van der Waals surface area contributed by atoms with Gasteiger partial charge in [-0.1, -0.05) is 0 Å². The summed E-state index contributed by atoms with van der Waals surface area (Å²) in [4.78, 5) is 25.0. The first-order valence-electron chi connectivity index (χ1n) is 8.68. The number of carboxylic acid groups (broad SMARTS) is 1. The molecule has 0 aromatic heterocycles. The van der Waals surface area contributed by atoms with E-state index in [1.54, 1.807) is 17.0 Å². The number of rotatable bonds is 8. The van der Waals surface area contributed by atoms with Crippen LogP contribution >= 0.6 is 0 Å². The highest BCUT2D eigenvalue weighted by Gasteiger charge is 2.23. The van der Waals surface area contributed by atoms with Gasteiger partial charge < -0.3 is 14.7 Å². The third kappa shape index (κ3) is 6.33. The number of benzene rings is 1. The molecule has 1 N–H and O–H groups in total. The molecule has 1 fully saturated rings. The average molecular weight is 383 g/mol. The van der Waals surface area contributed by atoms with Gasteiger partial charge in [0.1, 0.15) is 5.75 Å². The molecule has 8 heteroatoms. The number of nitrogens with zero attached hydrogens (tertiary/aromatic N) is 1. The molecule has 2 rings (SSSR count). The summed E-state index contributed by atoms with van der Waals surface area (Å²) in [6.45, 7) is 1.52. The number of hydrogen-bond acceptors (Lipinski definition) is 5. The van der Waals surface area contributed by atoms with E-state index in [0.29, 0.717) is 25.3 Å². The third-order valence-electron chi connectivity index (χ3n) is 4.47. The summed E-state index contributed by atoms with van der Waals surface area (Å²) in [6.07, 6.45) is 3.97. The van der Waals surface area contributed by atoms with E-state index < -0.39 is 15.8 Å². The highest BCUT2D eigenvalue weighted by Crippen LogP contribution is 2.22. The van der Waals surface area contributed by atoms with Gasteiger partial charge in [0, 0.05) is 25.8 Å². The van der Waals surface area contributed by atoms with E-state index in [2.05, 4.69) is 0 Å². The number of sulfone groups is 1. The molecule has 0 saturated carbocycles. The SMILES string of the molecule is CS(=O)(=O)c1ccc(OCCC(=O)N2CCCC(CCC(=O)O)C2)cc1. The van der Waals surface area contributed by atoms with E-state index in [4.69, 9.17) is 9.84 Å². The summed E-state index contributed by atoms with van der Waals surface area (Å²) in [5, 5.41) is 8.77. The van der Waals surface area contributed by atoms with Crippen LogP contribution in [0.2, 0.25) is 0 Å². The van der Waals surface area contributed by atoms with Crippen molar-refractivity contribution in [2.24, 2.45) is 5.92 Å². The van der Waals surface area contributed by atoms with Gasteiger partial charge in [-0.25, -0.2) is 8.42 Å². The zero-order valence-electron chi connectivity index (χ0n) is 14.9. The molecule has 1 amide bonds. The first-order valence-corrected chi connectivity index (χ1v) is 10.6. The second kappa shape index (κ2) is 9.02. The van der Waals surface area contributed by atoms with Gasteiger partial charge in [-0.2, -0.15) is 0 Å². The Kier molecular flexibility index (Phi) is 7.02. The summed E-state index contributed by atoms with van der Waals surface area (Å²) in [7, 11) is -3.24. The van der Waals surface area contributed by atoms with Crippen LogP contribution in [-0.2, 0) is 19.4 Å². The number of amides is 1. The minimum Gasteiger partial charge on any atom is -0.493 e. The zero-order chi connectivity index (χ0) is 19.2. The average Bonchev–Trinajstić information content (AvgIpc) is 2.60. The van der Waals surface area contributed by atoms with Crippen molar-refractivity contribution >= 4 is 21.7 Å². The van der Waals surface area contributed by atoms with Crippen molar-refractivity contribution in [2.45, 2.75) is 37.0 Å². The summed E-state index contributed by atoms with van der Waals surface area (Å²) in [5.74, 6) is -0.0436. The fourth-order valence-corrected chi connectivity index (χ4v) is 3.68. The van der Waals surface area contributed by atoms with Gasteiger partial charge in [0.15, 0.2) is 9.84 Å². The first-order chi connectivity index (χ1) is 12.3. The second-order valence-corrected chi connectivity index (χ2v) is 8.64. The minimum absolute atomic E-state index is 0.00205. The number of ether oxygens (including phenoxy) is 1. The Hall–Kier alpha value is -2.09. The van der Waals surface area contributed by atoms with E-state index in [-0.39, 0.29) is 36.2 Å². The smallest absolute Gasteiger partial charge is 0.303 e. The lowest BCUT2D eigenvalue weighted by molar-refractivity contribution is -0.137. The van der Waals surface area contributed by atoms with Crippen molar-refractivity contribution < 1.29 is 27.9 Å². The predicted octanol–water partition coefficient (Wildman–Crippen LogP) is 1.96. The monoisotopic (exact) mass is 383 g/mol. The van der Waals surface area contributed by atoms with Crippen molar-refractivity contribution in [3.05, 3.63) is 24.3 Å². The van der Waals surface area contributed by atoms with E-state index in [1.165, 1.54) is 12.1 Å². The number of piperidine rings is 1. The maximum absolute atomic E-state index is 12.3. The zero-order valence-corrected chi connectivity index (χ0v) is 15.7. The lowest BCUT2D eigenvalue weighted by Gasteiger charge is -2.32. The molecule has 7 nitrogen and oxygen atoms in total. The molecular formula is C18H25NO6S. The summed E-state index contributed by atoms with van der Waals surface area (Å²) >= 11 is 0. The molecule has 0 aliphatic carbocycles. The van der Waals surface area contributed by atoms with Crippen LogP contribution in [0.25, 0.3) is 0 Å². The molecule has 1 heterocycles. The maximum atomic E-state index is 12.3. The standard InChI is InChI=1S/C18H25NO6S/c1-26(23,24)16-7-5-15(6-8-16)25-12-10-17(20)19-11-2-3-14(13-19)4-9-18(21)22/h5-8,14H,2-4,9-13H2,1H3,(H,21,22). The van der Waals surface area contributed by atoms with Crippen molar-refractivity contribution in [1.82, 2.24) is 4.90 Å². The topological polar surface area (TPSA) is 101 Å². The van der Waals surface area contributed by atoms with Gasteiger partial charge in [-0.3, -0.25) is 9.59 Å². The van der Waals surface area contributed by atoms with Gasteiger partial charge in [0.2, 0.25) is 5.91 Å². The molecule has 0 bridgehead atoms. The molecule has 1 saturated heterocycles. The number of likely N-dealkylation sites (tertiary alicyclic amines) is 1. The lowest BCUT2D eigenvalue weighted by atomic mass is 9.93. The second-order valence-electron chi connectivity index (χ2n) is 6.62. The molecule has 26 heavy (non-hydrogen) atoms. The molecule has 1 aromatic carbocycles. The largest absolute Gasteiger partial charge is 0.493 e. The van der Waals surface area contributed by atoms with Crippen LogP contribution in [-0.4, -0.2) is 56.3 Å². The van der Waals surface area contributed by atoms with Crippen LogP contribution in [0.4, 0.5) is 0 Å². The van der Waals surface area contributed by atoms with Crippen molar-refractivity contribution in [1.29, 1.82) is 0 Å². The number of carboxylic acids is 1. The van der Waals surface area contributed by atoms with Gasteiger partial charge in [-0.15, -0.1) is 0 Å². The van der Waals surface area contributed by atoms with Crippen molar-refractivity contribution in [2.75, 3.05) is 26.0 Å². The Labute approximate surface area is 153 Å². The number of aliphatic carboxylic acids is 1. The Morgan fingerprint density at radius 1 is 1.23 bits per heavy atom. The predicted molar refractivity (Wildman–Crippen MR) is 95.8 cm³/mol. The Morgan fingerprint density at radius 2 is 1.92 bits per heavy atom. The van der Waals surface area contributed by atoms with Crippen LogP contribution < -0.4 is 4.74 Å². The lowest BCUT2D eigenvalue weighted by Crippen LogP contribution is -2.40. The van der Waals surface area contributed by atoms with Gasteiger partial charge in [0.25, 0.3) is 0 Å². The fraction of sp³-hybridized carbons (Fsp3) is 0.556. The molecule has 0 spiro atoms. The van der Waals surface area contributed by atoms with E-state index >= 15 is 0 Å². The number of hydrogen-bond donors (Lipinski definition) is 1. The van der Waals surface area contributed by atoms with Crippen LogP contribution in [0, 0.1) is 5.92 Å². The number of carbonyl (C=O) groups excluding carboxylic acids is 1. The van der Waals surface area contributed by atoms with Crippen molar-refractivity contribution in [3.63, 3.8) is 0 Å². The van der Waals surface area contributed by atoms with Gasteiger partial charge >= 0.3 is 5.97 Å². The Bertz CT molecular complexity index is 729. The first kappa shape index (κ1) is 20.2. The highest BCUT2D eigenvalue weighted by molar-refractivity contribution is 7.90. The third-order valence-corrected chi connectivity index (χ3v) is 5.60. The molecule has 1 aromatic rings. The summed E-state index contributed by atoms with van der Waals surface area (Å²) in [6, 6.07) is 6.10. The minimum atomic E-state index is -3.24. The summed E-state index contributed by atoms with van der Waals surface area (Å²) < 4.78 is 28.3. The van der Waals surface area contributed by atoms with Gasteiger partial charge in [-0.05, 0) is 49.4 Å². The molecule has 1 unspecified atom stereocenters. The van der Waals surface area contributed by atoms with Crippen molar-refractivity contribution in [3.8, 4) is 5.75 Å². The van der Waals surface area contributed by atoms with E-state index in [0.717, 1.165) is 19.1 Å². The molecule has 1 aliphatic heterocycles. The maximum Gasteiger partial charge on any atom is 0.303 e. The van der Waals surface area contributed by atoms with Crippen LogP contribution in [0.5, 0.6) is 5.75 Å². The molecule has 1 atom stereocenters. The molecule has 144 valence electrons. The Balaban J connectivity index is 1.76. The van der Waals surface area contributed by atoms with Crippen LogP contribution in [0.15, 0.2) is 29.2 Å². The fourth-order valence-electron chi connectivity index (χ4n) is 3.05. The molecule has 1 aliphatic rings. The number of carbonyl (C=O) groups is 2.